The lowest BCUT2D eigenvalue weighted by Gasteiger charge is -2.15. The van der Waals surface area contributed by atoms with E-state index in [1.165, 1.54) is 10.8 Å². The molecular formula is C24H38N8. The van der Waals surface area contributed by atoms with E-state index in [4.69, 9.17) is 0 Å². The predicted octanol–water partition coefficient (Wildman–Crippen LogP) is 1.91. The Labute approximate surface area is 191 Å². The van der Waals surface area contributed by atoms with Crippen LogP contribution in [0.2, 0.25) is 0 Å². The van der Waals surface area contributed by atoms with Crippen LogP contribution in [0.4, 0.5) is 11.6 Å². The Morgan fingerprint density at radius 1 is 0.625 bits per heavy atom. The van der Waals surface area contributed by atoms with Crippen LogP contribution < -0.4 is 21.3 Å². The molecule has 0 atom stereocenters. The van der Waals surface area contributed by atoms with E-state index in [0.717, 1.165) is 74.8 Å². The topological polar surface area (TPSA) is 80.4 Å². The SMILES string of the molecule is CN(C)CCNCCNc1nnc(NCCNCCN(C)C)c2cc3ccccc3cc12. The van der Waals surface area contributed by atoms with Crippen LogP contribution >= 0.6 is 0 Å². The van der Waals surface area contributed by atoms with E-state index in [1.807, 2.05) is 0 Å². The molecule has 0 aliphatic carbocycles. The molecule has 32 heavy (non-hydrogen) atoms. The molecule has 8 heteroatoms. The highest BCUT2D eigenvalue weighted by Crippen LogP contribution is 2.30. The first-order valence-corrected chi connectivity index (χ1v) is 11.4. The number of fused-ring (bicyclic) bond motifs is 2. The average Bonchev–Trinajstić information content (AvgIpc) is 2.77. The van der Waals surface area contributed by atoms with Gasteiger partial charge in [-0.15, -0.1) is 10.2 Å². The van der Waals surface area contributed by atoms with Crippen molar-refractivity contribution in [2.75, 3.05) is 91.2 Å². The summed E-state index contributed by atoms with van der Waals surface area (Å²) in [6.45, 7) is 7.35. The van der Waals surface area contributed by atoms with Crippen molar-refractivity contribution in [1.82, 2.24) is 30.6 Å². The number of benzene rings is 2. The second-order valence-corrected chi connectivity index (χ2v) is 8.60. The Hall–Kier alpha value is -2.52. The lowest BCUT2D eigenvalue weighted by atomic mass is 10.0. The van der Waals surface area contributed by atoms with Gasteiger partial charge in [-0.3, -0.25) is 0 Å². The highest BCUT2D eigenvalue weighted by Gasteiger charge is 2.10. The molecule has 0 saturated carbocycles. The van der Waals surface area contributed by atoms with Gasteiger partial charge in [-0.2, -0.15) is 0 Å². The number of aromatic nitrogens is 2. The van der Waals surface area contributed by atoms with Gasteiger partial charge in [0.2, 0.25) is 0 Å². The third-order valence-corrected chi connectivity index (χ3v) is 5.31. The van der Waals surface area contributed by atoms with Gasteiger partial charge in [-0.25, -0.2) is 0 Å². The molecule has 3 rings (SSSR count). The van der Waals surface area contributed by atoms with Crippen molar-refractivity contribution < 1.29 is 0 Å². The molecule has 0 aliphatic heterocycles. The van der Waals surface area contributed by atoms with Gasteiger partial charge >= 0.3 is 0 Å². The molecule has 2 aromatic carbocycles. The smallest absolute Gasteiger partial charge is 0.156 e. The Balaban J connectivity index is 1.68. The fourth-order valence-electron chi connectivity index (χ4n) is 3.49. The summed E-state index contributed by atoms with van der Waals surface area (Å²) in [7, 11) is 8.34. The zero-order chi connectivity index (χ0) is 22.8. The number of rotatable bonds is 14. The van der Waals surface area contributed by atoms with Gasteiger partial charge in [0.15, 0.2) is 11.6 Å². The van der Waals surface area contributed by atoms with Crippen molar-refractivity contribution in [1.29, 1.82) is 0 Å². The molecule has 0 radical (unpaired) electrons. The van der Waals surface area contributed by atoms with Crippen LogP contribution in [0.15, 0.2) is 36.4 Å². The first-order valence-electron chi connectivity index (χ1n) is 11.4. The van der Waals surface area contributed by atoms with Gasteiger partial charge < -0.3 is 31.1 Å². The van der Waals surface area contributed by atoms with E-state index in [-0.39, 0.29) is 0 Å². The van der Waals surface area contributed by atoms with E-state index >= 15 is 0 Å². The van der Waals surface area contributed by atoms with Crippen molar-refractivity contribution in [3.05, 3.63) is 36.4 Å². The minimum atomic E-state index is 0.798. The van der Waals surface area contributed by atoms with E-state index in [2.05, 4.69) is 106 Å². The van der Waals surface area contributed by atoms with Crippen molar-refractivity contribution >= 4 is 33.2 Å². The summed E-state index contributed by atoms with van der Waals surface area (Å²) >= 11 is 0. The fraction of sp³-hybridized carbons (Fsp3) is 0.500. The zero-order valence-electron chi connectivity index (χ0n) is 19.9. The number of likely N-dealkylation sites (N-methyl/N-ethyl adjacent to an activating group) is 2. The van der Waals surface area contributed by atoms with Crippen LogP contribution in [0.1, 0.15) is 0 Å². The quantitative estimate of drug-likeness (QED) is 0.225. The molecule has 174 valence electrons. The maximum atomic E-state index is 4.51. The predicted molar refractivity (Wildman–Crippen MR) is 137 cm³/mol. The van der Waals surface area contributed by atoms with E-state index in [0.29, 0.717) is 0 Å². The van der Waals surface area contributed by atoms with Gasteiger partial charge in [-0.05, 0) is 51.1 Å². The second-order valence-electron chi connectivity index (χ2n) is 8.60. The number of nitrogens with zero attached hydrogens (tertiary/aromatic N) is 4. The standard InChI is InChI=1S/C24H38N8/c1-31(2)15-13-25-9-11-27-23-21-17-19-7-5-6-8-20(19)18-22(21)24(30-29-23)28-12-10-26-14-16-32(3)4/h5-8,17-18,25-26H,9-16H2,1-4H3,(H,27,29)(H,28,30). The molecule has 8 nitrogen and oxygen atoms in total. The van der Waals surface area contributed by atoms with Crippen molar-refractivity contribution in [3.8, 4) is 0 Å². The highest BCUT2D eigenvalue weighted by atomic mass is 15.2. The molecule has 0 fully saturated rings. The number of anilines is 2. The lowest BCUT2D eigenvalue weighted by molar-refractivity contribution is 0.402. The summed E-state index contributed by atoms with van der Waals surface area (Å²) in [6.07, 6.45) is 0. The van der Waals surface area contributed by atoms with Crippen LogP contribution in [-0.4, -0.2) is 101 Å². The van der Waals surface area contributed by atoms with Gasteiger partial charge in [0.05, 0.1) is 0 Å². The molecular weight excluding hydrogens is 400 g/mol. The van der Waals surface area contributed by atoms with Crippen molar-refractivity contribution in [2.24, 2.45) is 0 Å². The largest absolute Gasteiger partial charge is 0.367 e. The first-order chi connectivity index (χ1) is 15.5. The van der Waals surface area contributed by atoms with Crippen molar-refractivity contribution in [2.45, 2.75) is 0 Å². The van der Waals surface area contributed by atoms with Gasteiger partial charge in [0, 0.05) is 63.1 Å². The molecule has 0 bridgehead atoms. The maximum Gasteiger partial charge on any atom is 0.156 e. The van der Waals surface area contributed by atoms with E-state index in [9.17, 15) is 0 Å². The molecule has 0 unspecified atom stereocenters. The molecule has 1 aromatic heterocycles. The minimum absolute atomic E-state index is 0.798. The Kier molecular flexibility index (Phi) is 9.43. The van der Waals surface area contributed by atoms with E-state index < -0.39 is 0 Å². The van der Waals surface area contributed by atoms with Crippen LogP contribution in [0.3, 0.4) is 0 Å². The number of hydrogen-bond donors (Lipinski definition) is 4. The average molecular weight is 439 g/mol. The van der Waals surface area contributed by atoms with Gasteiger partial charge in [0.25, 0.3) is 0 Å². The molecule has 0 aliphatic rings. The molecule has 1 heterocycles. The molecule has 0 saturated heterocycles. The summed E-state index contributed by atoms with van der Waals surface area (Å²) in [6, 6.07) is 12.8. The summed E-state index contributed by atoms with van der Waals surface area (Å²) < 4.78 is 0. The van der Waals surface area contributed by atoms with Crippen molar-refractivity contribution in [3.63, 3.8) is 0 Å². The minimum Gasteiger partial charge on any atom is -0.367 e. The monoisotopic (exact) mass is 438 g/mol. The molecule has 3 aromatic rings. The normalized spacial score (nSPS) is 11.7. The van der Waals surface area contributed by atoms with Crippen LogP contribution in [0, 0.1) is 0 Å². The highest BCUT2D eigenvalue weighted by molar-refractivity contribution is 6.06. The van der Waals surface area contributed by atoms with Gasteiger partial charge in [-0.1, -0.05) is 24.3 Å². The fourth-order valence-corrected chi connectivity index (χ4v) is 3.49. The molecule has 0 amide bonds. The van der Waals surface area contributed by atoms with Gasteiger partial charge in [0.1, 0.15) is 0 Å². The molecule has 0 spiro atoms. The van der Waals surface area contributed by atoms with Crippen LogP contribution in [0.5, 0.6) is 0 Å². The first kappa shape index (κ1) is 24.1. The summed E-state index contributed by atoms with van der Waals surface area (Å²) in [4.78, 5) is 4.35. The Morgan fingerprint density at radius 2 is 1.06 bits per heavy atom. The summed E-state index contributed by atoms with van der Waals surface area (Å²) in [5.41, 5.74) is 0. The number of hydrogen-bond acceptors (Lipinski definition) is 8. The second kappa shape index (κ2) is 12.5. The lowest BCUT2D eigenvalue weighted by Crippen LogP contribution is -2.30. The number of nitrogens with one attached hydrogen (secondary N) is 4. The Morgan fingerprint density at radius 3 is 1.47 bits per heavy atom. The summed E-state index contributed by atoms with van der Waals surface area (Å²) in [5.74, 6) is 1.66. The van der Waals surface area contributed by atoms with Crippen LogP contribution in [0.25, 0.3) is 21.5 Å². The molecule has 4 N–H and O–H groups in total. The third-order valence-electron chi connectivity index (χ3n) is 5.31. The zero-order valence-corrected chi connectivity index (χ0v) is 19.9. The summed E-state index contributed by atoms with van der Waals surface area (Å²) in [5, 5.41) is 27.5. The maximum absolute atomic E-state index is 4.51. The van der Waals surface area contributed by atoms with Crippen LogP contribution in [-0.2, 0) is 0 Å². The third kappa shape index (κ3) is 7.27. The Bertz CT molecular complexity index is 895. The van der Waals surface area contributed by atoms with E-state index in [1.54, 1.807) is 0 Å².